The predicted molar refractivity (Wildman–Crippen MR) is 109 cm³/mol. The second-order valence-corrected chi connectivity index (χ2v) is 5.92. The predicted octanol–water partition coefficient (Wildman–Crippen LogP) is 0.00560. The molecule has 0 aliphatic rings. The Bertz CT molecular complexity index is 833. The topological polar surface area (TPSA) is 154 Å². The van der Waals surface area contributed by atoms with Crippen molar-refractivity contribution in [2.75, 3.05) is 6.54 Å². The van der Waals surface area contributed by atoms with E-state index in [2.05, 4.69) is 35.7 Å². The van der Waals surface area contributed by atoms with Gasteiger partial charge < -0.3 is 31.9 Å². The number of carbonyl (C=O) groups excluding carboxylic acids is 3. The number of carbonyl (C=O) groups is 3. The Kier molecular flexibility index (Phi) is 9.14. The van der Waals surface area contributed by atoms with Gasteiger partial charge in [-0.25, -0.2) is 0 Å². The summed E-state index contributed by atoms with van der Waals surface area (Å²) in [5.74, 6) is -2.31. The van der Waals surface area contributed by atoms with E-state index >= 15 is 0 Å². The molecule has 0 fully saturated rings. The van der Waals surface area contributed by atoms with E-state index in [0.717, 1.165) is 18.2 Å². The monoisotopic (exact) mass is 402 g/mol. The number of phenolic OH excluding ortho intramolecular Hbond substituents is 2. The number of hydrogen-bond donors (Lipinski definition) is 6. The van der Waals surface area contributed by atoms with Crippen molar-refractivity contribution in [2.24, 2.45) is 5.73 Å². The highest BCUT2D eigenvalue weighted by molar-refractivity contribution is 5.88. The minimum atomic E-state index is -0.479. The average molecular weight is 402 g/mol. The number of aromatic hydroxyl groups is 2. The van der Waals surface area contributed by atoms with Crippen LogP contribution in [0.25, 0.3) is 0 Å². The molecule has 1 aromatic rings. The molecule has 7 N–H and O–H groups in total. The molecule has 9 nitrogen and oxygen atoms in total. The van der Waals surface area contributed by atoms with Gasteiger partial charge in [0.25, 0.3) is 0 Å². The van der Waals surface area contributed by atoms with Crippen LogP contribution in [0.1, 0.15) is 22.3 Å². The molecule has 9 heteroatoms. The number of phenols is 2. The molecule has 0 spiro atoms. The number of hydrogen-bond acceptors (Lipinski definition) is 6. The maximum Gasteiger partial charge on any atom is 0.243 e. The smallest absolute Gasteiger partial charge is 0.243 e. The van der Waals surface area contributed by atoms with Gasteiger partial charge in [0.05, 0.1) is 0 Å². The lowest BCUT2D eigenvalue weighted by Crippen LogP contribution is -2.27. The van der Waals surface area contributed by atoms with Gasteiger partial charge in [0.1, 0.15) is 0 Å². The number of nitrogens with two attached hydrogens (primary N) is 1. The van der Waals surface area contributed by atoms with Crippen LogP contribution >= 0.6 is 0 Å². The van der Waals surface area contributed by atoms with Gasteiger partial charge >= 0.3 is 0 Å². The standard InChI is InChI=1S/C20H26N4O5/c1-4-16(25)22-9-13-12(7-8-21)14(10-23-17(26)5-2)19(28)20(29)15(13)11-24-18(27)6-3/h4-6,28-29H,1-3,7-11,21H2,(H,22,25)(H,23,26)(H,24,27). The Hall–Kier alpha value is -3.59. The molecule has 0 radical (unpaired) electrons. The minimum absolute atomic E-state index is 0.0181. The summed E-state index contributed by atoms with van der Waals surface area (Å²) in [5, 5.41) is 28.8. The molecule has 0 heterocycles. The Morgan fingerprint density at radius 3 is 1.41 bits per heavy atom. The number of benzene rings is 1. The fraction of sp³-hybridized carbons (Fsp3) is 0.250. The first-order valence-electron chi connectivity index (χ1n) is 8.78. The molecule has 0 aromatic heterocycles. The van der Waals surface area contributed by atoms with E-state index in [1.165, 1.54) is 0 Å². The van der Waals surface area contributed by atoms with E-state index in [-0.39, 0.29) is 43.7 Å². The molecule has 0 bridgehead atoms. The molecule has 0 aliphatic carbocycles. The van der Waals surface area contributed by atoms with E-state index in [1.807, 2.05) is 0 Å². The summed E-state index contributed by atoms with van der Waals surface area (Å²) < 4.78 is 0. The summed E-state index contributed by atoms with van der Waals surface area (Å²) in [5.41, 5.74) is 7.18. The van der Waals surface area contributed by atoms with Crippen molar-refractivity contribution >= 4 is 17.7 Å². The zero-order valence-electron chi connectivity index (χ0n) is 16.1. The molecular weight excluding hydrogens is 376 g/mol. The highest BCUT2D eigenvalue weighted by Gasteiger charge is 2.23. The van der Waals surface area contributed by atoms with Crippen LogP contribution in [0.2, 0.25) is 0 Å². The van der Waals surface area contributed by atoms with Crippen molar-refractivity contribution in [3.63, 3.8) is 0 Å². The molecule has 0 saturated carbocycles. The van der Waals surface area contributed by atoms with Crippen molar-refractivity contribution in [1.82, 2.24) is 16.0 Å². The van der Waals surface area contributed by atoms with Gasteiger partial charge in [-0.3, -0.25) is 14.4 Å². The van der Waals surface area contributed by atoms with Gasteiger partial charge in [-0.2, -0.15) is 0 Å². The maximum atomic E-state index is 11.7. The molecule has 0 atom stereocenters. The Labute approximate surface area is 169 Å². The lowest BCUT2D eigenvalue weighted by molar-refractivity contribution is -0.117. The highest BCUT2D eigenvalue weighted by Crippen LogP contribution is 2.39. The number of rotatable bonds is 11. The van der Waals surface area contributed by atoms with Crippen LogP contribution in [0.5, 0.6) is 11.5 Å². The molecule has 0 aliphatic heterocycles. The Balaban J connectivity index is 3.54. The molecule has 0 saturated heterocycles. The lowest BCUT2D eigenvalue weighted by Gasteiger charge is -2.22. The summed E-state index contributed by atoms with van der Waals surface area (Å²) in [6, 6.07) is 0. The Morgan fingerprint density at radius 2 is 1.07 bits per heavy atom. The molecular formula is C20H26N4O5. The zero-order valence-corrected chi connectivity index (χ0v) is 16.1. The molecule has 0 unspecified atom stereocenters. The van der Waals surface area contributed by atoms with Crippen LogP contribution < -0.4 is 21.7 Å². The quantitative estimate of drug-likeness (QED) is 0.226. The van der Waals surface area contributed by atoms with Crippen molar-refractivity contribution in [2.45, 2.75) is 26.1 Å². The minimum Gasteiger partial charge on any atom is -0.504 e. The summed E-state index contributed by atoms with van der Waals surface area (Å²) >= 11 is 0. The van der Waals surface area contributed by atoms with Gasteiger partial charge in [0, 0.05) is 30.8 Å². The molecule has 3 amide bonds. The van der Waals surface area contributed by atoms with E-state index in [1.54, 1.807) is 0 Å². The average Bonchev–Trinajstić information content (AvgIpc) is 2.73. The van der Waals surface area contributed by atoms with Gasteiger partial charge in [0.15, 0.2) is 11.5 Å². The maximum absolute atomic E-state index is 11.7. The van der Waals surface area contributed by atoms with E-state index < -0.39 is 29.2 Å². The summed E-state index contributed by atoms with van der Waals surface area (Å²) in [7, 11) is 0. The normalized spacial score (nSPS) is 9.97. The van der Waals surface area contributed by atoms with Crippen molar-refractivity contribution in [1.29, 1.82) is 0 Å². The zero-order chi connectivity index (χ0) is 22.0. The van der Waals surface area contributed by atoms with Crippen LogP contribution in [0.15, 0.2) is 38.0 Å². The van der Waals surface area contributed by atoms with E-state index in [4.69, 9.17) is 5.73 Å². The highest BCUT2D eigenvalue weighted by atomic mass is 16.3. The van der Waals surface area contributed by atoms with Crippen LogP contribution in [0.4, 0.5) is 0 Å². The van der Waals surface area contributed by atoms with Crippen molar-refractivity contribution in [3.8, 4) is 11.5 Å². The first-order chi connectivity index (χ1) is 13.8. The fourth-order valence-electron chi connectivity index (χ4n) is 2.72. The molecule has 29 heavy (non-hydrogen) atoms. The van der Waals surface area contributed by atoms with Gasteiger partial charge in [-0.05, 0) is 42.3 Å². The van der Waals surface area contributed by atoms with Crippen LogP contribution in [0, 0.1) is 0 Å². The second kappa shape index (κ2) is 11.3. The SMILES string of the molecule is C=CC(=O)NCc1c(O)c(O)c(CNC(=O)C=C)c(CNC(=O)C=C)c1CCN. The molecule has 156 valence electrons. The second-order valence-electron chi connectivity index (χ2n) is 5.92. The van der Waals surface area contributed by atoms with Crippen LogP contribution in [-0.4, -0.2) is 34.5 Å². The van der Waals surface area contributed by atoms with Gasteiger partial charge in [0.2, 0.25) is 17.7 Å². The van der Waals surface area contributed by atoms with E-state index in [9.17, 15) is 24.6 Å². The first kappa shape index (κ1) is 23.4. The summed E-state index contributed by atoms with van der Waals surface area (Å²) in [4.78, 5) is 34.8. The summed E-state index contributed by atoms with van der Waals surface area (Å²) in [6.45, 7) is 10.1. The Morgan fingerprint density at radius 1 is 0.724 bits per heavy atom. The summed E-state index contributed by atoms with van der Waals surface area (Å²) in [6.07, 6.45) is 3.52. The fourth-order valence-corrected chi connectivity index (χ4v) is 2.72. The lowest BCUT2D eigenvalue weighted by atomic mass is 9.91. The van der Waals surface area contributed by atoms with Crippen LogP contribution in [-0.2, 0) is 40.4 Å². The third kappa shape index (κ3) is 6.22. The third-order valence-electron chi connectivity index (χ3n) is 4.16. The van der Waals surface area contributed by atoms with Gasteiger partial charge in [-0.15, -0.1) is 0 Å². The van der Waals surface area contributed by atoms with Crippen molar-refractivity contribution < 1.29 is 24.6 Å². The van der Waals surface area contributed by atoms with Gasteiger partial charge in [-0.1, -0.05) is 19.7 Å². The van der Waals surface area contributed by atoms with Crippen molar-refractivity contribution in [3.05, 3.63) is 60.2 Å². The molecule has 1 aromatic carbocycles. The van der Waals surface area contributed by atoms with E-state index in [0.29, 0.717) is 11.1 Å². The first-order valence-corrected chi connectivity index (χ1v) is 8.78. The largest absolute Gasteiger partial charge is 0.504 e. The van der Waals surface area contributed by atoms with Crippen LogP contribution in [0.3, 0.4) is 0 Å². The third-order valence-corrected chi connectivity index (χ3v) is 4.16. The number of amides is 3. The number of nitrogens with one attached hydrogen (secondary N) is 3. The molecule has 1 rings (SSSR count).